The van der Waals surface area contributed by atoms with Gasteiger partial charge in [-0.2, -0.15) is 4.31 Å². The lowest BCUT2D eigenvalue weighted by molar-refractivity contribution is -0.141. The van der Waals surface area contributed by atoms with Gasteiger partial charge in [0.1, 0.15) is 10.6 Å². The Morgan fingerprint density at radius 1 is 1.10 bits per heavy atom. The van der Waals surface area contributed by atoms with Gasteiger partial charge in [-0.3, -0.25) is 4.79 Å². The van der Waals surface area contributed by atoms with Gasteiger partial charge in [-0.05, 0) is 56.7 Å². The number of hydrogen-bond acceptors (Lipinski definition) is 6. The number of carbonyl (C=O) groups is 2. The summed E-state index contributed by atoms with van der Waals surface area (Å²) in [6.07, 6.45) is 2.54. The second-order valence-corrected chi connectivity index (χ2v) is 9.94. The van der Waals surface area contributed by atoms with E-state index in [0.29, 0.717) is 32.1 Å². The van der Waals surface area contributed by atoms with Crippen LogP contribution in [0.3, 0.4) is 0 Å². The normalized spacial score (nSPS) is 19.5. The van der Waals surface area contributed by atoms with Gasteiger partial charge in [-0.1, -0.05) is 6.92 Å². The van der Waals surface area contributed by atoms with Crippen LogP contribution in [0.15, 0.2) is 23.1 Å². The van der Waals surface area contributed by atoms with Gasteiger partial charge in [0.15, 0.2) is 6.10 Å². The van der Waals surface area contributed by atoms with Crippen LogP contribution < -0.4 is 4.74 Å². The van der Waals surface area contributed by atoms with Crippen molar-refractivity contribution in [2.24, 2.45) is 5.92 Å². The Kier molecular flexibility index (Phi) is 7.02. The predicted octanol–water partition coefficient (Wildman–Crippen LogP) is 2.28. The molecule has 1 amide bonds. The van der Waals surface area contributed by atoms with E-state index >= 15 is 0 Å². The minimum Gasteiger partial charge on any atom is -0.495 e. The van der Waals surface area contributed by atoms with Gasteiger partial charge in [0, 0.05) is 26.2 Å². The highest BCUT2D eigenvalue weighted by Crippen LogP contribution is 2.30. The van der Waals surface area contributed by atoms with E-state index in [-0.39, 0.29) is 22.1 Å². The molecular formula is C21H30N2O6S. The van der Waals surface area contributed by atoms with E-state index < -0.39 is 22.1 Å². The fourth-order valence-electron chi connectivity index (χ4n) is 3.84. The number of piperidine rings is 1. The Bertz CT molecular complexity index is 887. The van der Waals surface area contributed by atoms with Gasteiger partial charge in [-0.25, -0.2) is 13.2 Å². The first-order valence-corrected chi connectivity index (χ1v) is 11.9. The Labute approximate surface area is 178 Å². The number of benzene rings is 1. The van der Waals surface area contributed by atoms with Crippen molar-refractivity contribution in [3.8, 4) is 5.75 Å². The van der Waals surface area contributed by atoms with Crippen LogP contribution in [-0.4, -0.2) is 68.9 Å². The number of amides is 1. The van der Waals surface area contributed by atoms with Gasteiger partial charge in [0.05, 0.1) is 12.7 Å². The predicted molar refractivity (Wildman–Crippen MR) is 111 cm³/mol. The summed E-state index contributed by atoms with van der Waals surface area (Å²) in [6.45, 7) is 5.90. The molecule has 166 valence electrons. The lowest BCUT2D eigenvalue weighted by Gasteiger charge is -2.31. The molecule has 0 spiro atoms. The van der Waals surface area contributed by atoms with Crippen LogP contribution in [0.5, 0.6) is 5.75 Å². The first-order chi connectivity index (χ1) is 14.2. The number of ether oxygens (including phenoxy) is 2. The van der Waals surface area contributed by atoms with E-state index in [2.05, 4.69) is 6.92 Å². The highest BCUT2D eigenvalue weighted by Gasteiger charge is 2.32. The molecule has 2 saturated heterocycles. The van der Waals surface area contributed by atoms with Crippen molar-refractivity contribution >= 4 is 21.9 Å². The van der Waals surface area contributed by atoms with Crippen molar-refractivity contribution in [2.45, 2.75) is 50.5 Å². The third-order valence-electron chi connectivity index (χ3n) is 5.81. The molecule has 0 bridgehead atoms. The molecule has 3 rings (SSSR count). The van der Waals surface area contributed by atoms with Crippen LogP contribution in [0, 0.1) is 5.92 Å². The first-order valence-electron chi connectivity index (χ1n) is 10.4. The minimum absolute atomic E-state index is 0.0645. The smallest absolute Gasteiger partial charge is 0.338 e. The molecule has 2 aliphatic heterocycles. The number of esters is 1. The Balaban J connectivity index is 1.75. The summed E-state index contributed by atoms with van der Waals surface area (Å²) in [4.78, 5) is 26.9. The Hall–Kier alpha value is -2.13. The fourth-order valence-corrected chi connectivity index (χ4v) is 5.54. The monoisotopic (exact) mass is 438 g/mol. The van der Waals surface area contributed by atoms with Crippen LogP contribution >= 0.6 is 0 Å². The third kappa shape index (κ3) is 4.78. The maximum atomic E-state index is 13.0. The summed E-state index contributed by atoms with van der Waals surface area (Å²) >= 11 is 0. The van der Waals surface area contributed by atoms with E-state index in [9.17, 15) is 18.0 Å². The van der Waals surface area contributed by atoms with E-state index in [0.717, 1.165) is 25.7 Å². The van der Waals surface area contributed by atoms with Crippen molar-refractivity contribution in [1.82, 2.24) is 9.21 Å². The molecule has 8 nitrogen and oxygen atoms in total. The minimum atomic E-state index is -3.78. The van der Waals surface area contributed by atoms with Crippen LogP contribution in [0.25, 0.3) is 0 Å². The number of sulfonamides is 1. The summed E-state index contributed by atoms with van der Waals surface area (Å²) in [7, 11) is -2.39. The van der Waals surface area contributed by atoms with Crippen molar-refractivity contribution in [3.63, 3.8) is 0 Å². The summed E-state index contributed by atoms with van der Waals surface area (Å²) in [5, 5.41) is 0. The molecule has 2 fully saturated rings. The zero-order chi connectivity index (χ0) is 21.9. The van der Waals surface area contributed by atoms with Crippen molar-refractivity contribution in [1.29, 1.82) is 0 Å². The molecule has 30 heavy (non-hydrogen) atoms. The van der Waals surface area contributed by atoms with Crippen LogP contribution in [0.2, 0.25) is 0 Å². The highest BCUT2D eigenvalue weighted by molar-refractivity contribution is 7.89. The van der Waals surface area contributed by atoms with E-state index in [4.69, 9.17) is 9.47 Å². The molecule has 1 aromatic carbocycles. The van der Waals surface area contributed by atoms with Crippen molar-refractivity contribution in [2.75, 3.05) is 33.3 Å². The summed E-state index contributed by atoms with van der Waals surface area (Å²) in [6, 6.07) is 4.16. The summed E-state index contributed by atoms with van der Waals surface area (Å²) in [5.74, 6) is -0.206. The average Bonchev–Trinajstić information content (AvgIpc) is 3.29. The number of nitrogens with zero attached hydrogens (tertiary/aromatic N) is 2. The summed E-state index contributed by atoms with van der Waals surface area (Å²) in [5.41, 5.74) is 0.0699. The average molecular weight is 439 g/mol. The van der Waals surface area contributed by atoms with E-state index in [1.54, 1.807) is 11.8 Å². The second kappa shape index (κ2) is 9.34. The largest absolute Gasteiger partial charge is 0.495 e. The summed E-state index contributed by atoms with van der Waals surface area (Å²) < 4.78 is 37.9. The van der Waals surface area contributed by atoms with Gasteiger partial charge >= 0.3 is 5.97 Å². The van der Waals surface area contributed by atoms with Gasteiger partial charge < -0.3 is 14.4 Å². The highest BCUT2D eigenvalue weighted by atomic mass is 32.2. The van der Waals surface area contributed by atoms with Gasteiger partial charge in [-0.15, -0.1) is 0 Å². The van der Waals surface area contributed by atoms with Gasteiger partial charge in [0.25, 0.3) is 5.91 Å². The topological polar surface area (TPSA) is 93.2 Å². The number of methoxy groups -OCH3 is 1. The molecule has 0 saturated carbocycles. The molecule has 0 radical (unpaired) electrons. The van der Waals surface area contributed by atoms with E-state index in [1.807, 2.05) is 0 Å². The maximum Gasteiger partial charge on any atom is 0.338 e. The lowest BCUT2D eigenvalue weighted by atomic mass is 9.99. The number of hydrogen-bond donors (Lipinski definition) is 0. The molecule has 0 N–H and O–H groups in total. The van der Waals surface area contributed by atoms with E-state index in [1.165, 1.54) is 29.6 Å². The zero-order valence-electron chi connectivity index (χ0n) is 17.8. The zero-order valence-corrected chi connectivity index (χ0v) is 18.6. The molecule has 2 aliphatic rings. The number of likely N-dealkylation sites (tertiary alicyclic amines) is 1. The van der Waals surface area contributed by atoms with Crippen molar-refractivity contribution in [3.05, 3.63) is 23.8 Å². The lowest BCUT2D eigenvalue weighted by Crippen LogP contribution is -2.44. The SMILES string of the molecule is COc1ccc(C(=O)OC(C)C(=O)N2CCC(C)CC2)cc1S(=O)(=O)N1CCCC1. The van der Waals surface area contributed by atoms with Crippen LogP contribution in [0.1, 0.15) is 49.9 Å². The standard InChI is InChI=1S/C21H30N2O6S/c1-15-8-12-22(13-9-15)20(24)16(2)29-21(25)17-6-7-18(28-3)19(14-17)30(26,27)23-10-4-5-11-23/h6-7,14-16H,4-5,8-13H2,1-3H3. The maximum absolute atomic E-state index is 13.0. The molecule has 0 aromatic heterocycles. The molecule has 0 aliphatic carbocycles. The first kappa shape index (κ1) is 22.6. The Morgan fingerprint density at radius 2 is 1.73 bits per heavy atom. The number of rotatable bonds is 6. The molecule has 1 aromatic rings. The third-order valence-corrected chi connectivity index (χ3v) is 7.73. The second-order valence-electron chi connectivity index (χ2n) is 8.03. The quantitative estimate of drug-likeness (QED) is 0.633. The molecule has 1 unspecified atom stereocenters. The van der Waals surface area contributed by atoms with Crippen LogP contribution in [0.4, 0.5) is 0 Å². The van der Waals surface area contributed by atoms with Crippen LogP contribution in [-0.2, 0) is 19.6 Å². The molecule has 2 heterocycles. The van der Waals surface area contributed by atoms with Crippen molar-refractivity contribution < 1.29 is 27.5 Å². The Morgan fingerprint density at radius 3 is 2.33 bits per heavy atom. The molecular weight excluding hydrogens is 408 g/mol. The molecule has 1 atom stereocenters. The molecule has 9 heteroatoms. The number of carbonyl (C=O) groups excluding carboxylic acids is 2. The van der Waals surface area contributed by atoms with Gasteiger partial charge in [0.2, 0.25) is 10.0 Å². The fraction of sp³-hybridized carbons (Fsp3) is 0.619.